The lowest BCUT2D eigenvalue weighted by Crippen LogP contribution is -2.40. The van der Waals surface area contributed by atoms with Crippen LogP contribution in [-0.4, -0.2) is 40.4 Å². The summed E-state index contributed by atoms with van der Waals surface area (Å²) >= 11 is 0. The van der Waals surface area contributed by atoms with Crippen molar-refractivity contribution in [3.63, 3.8) is 0 Å². The van der Waals surface area contributed by atoms with Gasteiger partial charge in [-0.3, -0.25) is 9.58 Å². The molecule has 1 aromatic heterocycles. The van der Waals surface area contributed by atoms with E-state index in [0.29, 0.717) is 6.04 Å². The van der Waals surface area contributed by atoms with Gasteiger partial charge in [0.15, 0.2) is 0 Å². The molecule has 112 valence electrons. The molecule has 0 aromatic carbocycles. The van der Waals surface area contributed by atoms with Crippen LogP contribution in [0.2, 0.25) is 0 Å². The van der Waals surface area contributed by atoms with Crippen LogP contribution in [0.1, 0.15) is 51.1 Å². The predicted molar refractivity (Wildman–Crippen MR) is 81.6 cm³/mol. The molecule has 4 heteroatoms. The summed E-state index contributed by atoms with van der Waals surface area (Å²) < 4.78 is 2.06. The molecular weight excluding hydrogens is 248 g/mol. The van der Waals surface area contributed by atoms with E-state index in [2.05, 4.69) is 40.0 Å². The molecule has 0 aliphatic carbocycles. The van der Waals surface area contributed by atoms with Crippen molar-refractivity contribution in [2.75, 3.05) is 19.6 Å². The first-order valence-corrected chi connectivity index (χ1v) is 8.21. The van der Waals surface area contributed by atoms with E-state index in [1.54, 1.807) is 0 Å². The molecule has 0 radical (unpaired) electrons. The molecule has 1 atom stereocenters. The van der Waals surface area contributed by atoms with E-state index in [-0.39, 0.29) is 0 Å². The Kier molecular flexibility index (Phi) is 4.41. The SMILES string of the molecule is CC(C)n1cc(CN2CCC(C3CCCN3)CC2)cn1. The van der Waals surface area contributed by atoms with Crippen molar-refractivity contribution in [3.8, 4) is 0 Å². The highest BCUT2D eigenvalue weighted by Gasteiger charge is 2.28. The van der Waals surface area contributed by atoms with Crippen molar-refractivity contribution in [2.24, 2.45) is 5.92 Å². The highest BCUT2D eigenvalue weighted by atomic mass is 15.3. The summed E-state index contributed by atoms with van der Waals surface area (Å²) in [5.74, 6) is 0.909. The zero-order valence-corrected chi connectivity index (χ0v) is 12.9. The van der Waals surface area contributed by atoms with Crippen molar-refractivity contribution in [1.29, 1.82) is 0 Å². The van der Waals surface area contributed by atoms with E-state index in [9.17, 15) is 0 Å². The number of nitrogens with one attached hydrogen (secondary N) is 1. The Morgan fingerprint density at radius 2 is 2.10 bits per heavy atom. The third-order valence-corrected chi connectivity index (χ3v) is 4.89. The molecule has 2 saturated heterocycles. The Balaban J connectivity index is 1.48. The summed E-state index contributed by atoms with van der Waals surface area (Å²) in [4.78, 5) is 2.59. The lowest BCUT2D eigenvalue weighted by atomic mass is 9.88. The molecular formula is C16H28N4. The van der Waals surface area contributed by atoms with Crippen molar-refractivity contribution < 1.29 is 0 Å². The van der Waals surface area contributed by atoms with E-state index in [1.807, 2.05) is 6.20 Å². The van der Waals surface area contributed by atoms with Crippen molar-refractivity contribution in [3.05, 3.63) is 18.0 Å². The highest BCUT2D eigenvalue weighted by Crippen LogP contribution is 2.26. The normalized spacial score (nSPS) is 25.6. The summed E-state index contributed by atoms with van der Waals surface area (Å²) in [6.45, 7) is 9.15. The fourth-order valence-corrected chi connectivity index (χ4v) is 3.63. The van der Waals surface area contributed by atoms with E-state index in [0.717, 1.165) is 18.5 Å². The lowest BCUT2D eigenvalue weighted by molar-refractivity contribution is 0.157. The molecule has 3 rings (SSSR count). The van der Waals surface area contributed by atoms with Crippen LogP contribution in [0.3, 0.4) is 0 Å². The van der Waals surface area contributed by atoms with Gasteiger partial charge in [-0.1, -0.05) is 0 Å². The van der Waals surface area contributed by atoms with Crippen molar-refractivity contribution in [1.82, 2.24) is 20.0 Å². The van der Waals surface area contributed by atoms with Gasteiger partial charge < -0.3 is 5.32 Å². The van der Waals surface area contributed by atoms with Crippen LogP contribution >= 0.6 is 0 Å². The quantitative estimate of drug-likeness (QED) is 0.917. The number of hydrogen-bond acceptors (Lipinski definition) is 3. The monoisotopic (exact) mass is 276 g/mol. The van der Waals surface area contributed by atoms with Crippen LogP contribution in [0.4, 0.5) is 0 Å². The van der Waals surface area contributed by atoms with Crippen LogP contribution in [0.15, 0.2) is 12.4 Å². The second kappa shape index (κ2) is 6.27. The first-order chi connectivity index (χ1) is 9.72. The number of nitrogens with zero attached hydrogens (tertiary/aromatic N) is 3. The maximum Gasteiger partial charge on any atom is 0.0534 e. The maximum absolute atomic E-state index is 4.44. The number of hydrogen-bond donors (Lipinski definition) is 1. The summed E-state index contributed by atoms with van der Waals surface area (Å²) in [6.07, 6.45) is 9.72. The highest BCUT2D eigenvalue weighted by molar-refractivity contribution is 5.04. The second-order valence-corrected chi connectivity index (χ2v) is 6.74. The van der Waals surface area contributed by atoms with Crippen LogP contribution in [0.5, 0.6) is 0 Å². The summed E-state index contributed by atoms with van der Waals surface area (Å²) in [7, 11) is 0. The number of rotatable bonds is 4. The fourth-order valence-electron chi connectivity index (χ4n) is 3.63. The number of aromatic nitrogens is 2. The van der Waals surface area contributed by atoms with Gasteiger partial charge in [0.2, 0.25) is 0 Å². The molecule has 0 amide bonds. The zero-order chi connectivity index (χ0) is 13.9. The van der Waals surface area contributed by atoms with Crippen molar-refractivity contribution >= 4 is 0 Å². The first-order valence-electron chi connectivity index (χ1n) is 8.21. The average Bonchev–Trinajstić information content (AvgIpc) is 3.10. The standard InChI is InChI=1S/C16H28N4/c1-13(2)20-12-14(10-18-20)11-19-8-5-15(6-9-19)16-4-3-7-17-16/h10,12-13,15-17H,3-9,11H2,1-2H3. The molecule has 2 aliphatic rings. The van der Waals surface area contributed by atoms with Gasteiger partial charge in [-0.2, -0.15) is 5.10 Å². The molecule has 0 bridgehead atoms. The molecule has 0 spiro atoms. The molecule has 2 fully saturated rings. The maximum atomic E-state index is 4.44. The molecule has 0 saturated carbocycles. The van der Waals surface area contributed by atoms with Gasteiger partial charge in [-0.15, -0.1) is 0 Å². The smallest absolute Gasteiger partial charge is 0.0534 e. The van der Waals surface area contributed by atoms with E-state index in [4.69, 9.17) is 0 Å². The van der Waals surface area contributed by atoms with E-state index < -0.39 is 0 Å². The van der Waals surface area contributed by atoms with Crippen LogP contribution in [-0.2, 0) is 6.54 Å². The van der Waals surface area contributed by atoms with Gasteiger partial charge in [0.25, 0.3) is 0 Å². The predicted octanol–water partition coefficient (Wildman–Crippen LogP) is 2.43. The third-order valence-electron chi connectivity index (χ3n) is 4.89. The number of piperidine rings is 1. The summed E-state index contributed by atoms with van der Waals surface area (Å²) in [5, 5.41) is 8.11. The van der Waals surface area contributed by atoms with Crippen molar-refractivity contribution in [2.45, 2.75) is 58.2 Å². The Morgan fingerprint density at radius 3 is 2.70 bits per heavy atom. The fraction of sp³-hybridized carbons (Fsp3) is 0.812. The van der Waals surface area contributed by atoms with Crippen LogP contribution in [0.25, 0.3) is 0 Å². The molecule has 2 aliphatic heterocycles. The number of likely N-dealkylation sites (tertiary alicyclic amines) is 1. The molecule has 1 aromatic rings. The summed E-state index contributed by atoms with van der Waals surface area (Å²) in [6, 6.07) is 1.27. The molecule has 1 unspecified atom stereocenters. The van der Waals surface area contributed by atoms with Gasteiger partial charge in [0.05, 0.1) is 6.20 Å². The van der Waals surface area contributed by atoms with Gasteiger partial charge >= 0.3 is 0 Å². The lowest BCUT2D eigenvalue weighted by Gasteiger charge is -2.34. The minimum absolute atomic E-state index is 0.461. The minimum atomic E-state index is 0.461. The molecule has 1 N–H and O–H groups in total. The second-order valence-electron chi connectivity index (χ2n) is 6.74. The Morgan fingerprint density at radius 1 is 1.30 bits per heavy atom. The minimum Gasteiger partial charge on any atom is -0.314 e. The largest absolute Gasteiger partial charge is 0.314 e. The van der Waals surface area contributed by atoms with E-state index in [1.165, 1.54) is 50.9 Å². The first kappa shape index (κ1) is 14.1. The van der Waals surface area contributed by atoms with Gasteiger partial charge in [-0.05, 0) is 65.1 Å². The van der Waals surface area contributed by atoms with Crippen LogP contribution < -0.4 is 5.32 Å². The zero-order valence-electron chi connectivity index (χ0n) is 12.9. The van der Waals surface area contributed by atoms with Gasteiger partial charge in [-0.25, -0.2) is 0 Å². The average molecular weight is 276 g/mol. The summed E-state index contributed by atoms with van der Waals surface area (Å²) in [5.41, 5.74) is 1.36. The topological polar surface area (TPSA) is 33.1 Å². The van der Waals surface area contributed by atoms with Gasteiger partial charge in [0.1, 0.15) is 0 Å². The Labute approximate surface area is 122 Å². The van der Waals surface area contributed by atoms with E-state index >= 15 is 0 Å². The van der Waals surface area contributed by atoms with Gasteiger partial charge in [0, 0.05) is 30.4 Å². The Hall–Kier alpha value is -0.870. The van der Waals surface area contributed by atoms with Crippen LogP contribution in [0, 0.1) is 5.92 Å². The Bertz CT molecular complexity index is 412. The molecule has 20 heavy (non-hydrogen) atoms. The molecule has 4 nitrogen and oxygen atoms in total. The molecule has 3 heterocycles. The third kappa shape index (κ3) is 3.23.